The molecule has 0 bridgehead atoms. The monoisotopic (exact) mass is 282 g/mol. The molecule has 1 heterocycles. The molecule has 0 atom stereocenters. The lowest BCUT2D eigenvalue weighted by Crippen LogP contribution is -2.22. The number of nitrogens with one attached hydrogen (secondary N) is 1. The second-order valence-corrected chi connectivity index (χ2v) is 3.21. The van der Waals surface area contributed by atoms with E-state index in [9.17, 15) is 32.9 Å². The first-order valence-corrected chi connectivity index (χ1v) is 4.48. The molecular weight excluding hydrogens is 277 g/mol. The van der Waals surface area contributed by atoms with Crippen LogP contribution in [0.5, 0.6) is 5.88 Å². The number of nitrogens with zero attached hydrogens (tertiary/aromatic N) is 1. The van der Waals surface area contributed by atoms with Crippen molar-refractivity contribution in [3.05, 3.63) is 32.1 Å². The van der Waals surface area contributed by atoms with E-state index in [0.717, 1.165) is 0 Å². The first-order chi connectivity index (χ1) is 8.60. The van der Waals surface area contributed by atoms with Crippen molar-refractivity contribution in [2.24, 2.45) is 0 Å². The number of aromatic amines is 1. The van der Waals surface area contributed by atoms with E-state index in [4.69, 9.17) is 5.11 Å². The Hall–Kier alpha value is -2.59. The molecule has 0 radical (unpaired) electrons. The third kappa shape index (κ3) is 3.97. The Labute approximate surface area is 101 Å². The van der Waals surface area contributed by atoms with Crippen LogP contribution in [0, 0.1) is 10.1 Å². The van der Waals surface area contributed by atoms with E-state index < -0.39 is 46.4 Å². The highest BCUT2D eigenvalue weighted by Gasteiger charge is 2.36. The van der Waals surface area contributed by atoms with Gasteiger partial charge < -0.3 is 14.8 Å². The molecule has 0 aliphatic rings. The SMILES string of the molecule is O=C(O)Cc1cc(=O)c([N+](=O)[O-])c(OC(F)(F)F)[nH]1. The van der Waals surface area contributed by atoms with Gasteiger partial charge in [-0.2, -0.15) is 0 Å². The summed E-state index contributed by atoms with van der Waals surface area (Å²) in [6.07, 6.45) is -6.09. The molecule has 2 N–H and O–H groups in total. The van der Waals surface area contributed by atoms with Gasteiger partial charge in [-0.25, -0.2) is 0 Å². The van der Waals surface area contributed by atoms with Gasteiger partial charge in [0.05, 0.1) is 11.3 Å². The quantitative estimate of drug-likeness (QED) is 0.622. The Balaban J connectivity index is 3.37. The van der Waals surface area contributed by atoms with E-state index in [1.807, 2.05) is 0 Å². The van der Waals surface area contributed by atoms with Crippen molar-refractivity contribution in [2.75, 3.05) is 0 Å². The number of rotatable bonds is 4. The average Bonchev–Trinajstić information content (AvgIpc) is 2.10. The lowest BCUT2D eigenvalue weighted by molar-refractivity contribution is -0.390. The minimum absolute atomic E-state index is 0.456. The number of hydrogen-bond donors (Lipinski definition) is 2. The molecule has 0 saturated heterocycles. The fourth-order valence-corrected chi connectivity index (χ4v) is 1.20. The second kappa shape index (κ2) is 4.96. The van der Waals surface area contributed by atoms with Crippen LogP contribution in [-0.4, -0.2) is 27.3 Å². The third-order valence-electron chi connectivity index (χ3n) is 1.77. The molecular formula is C8H5F3N2O6. The van der Waals surface area contributed by atoms with Gasteiger partial charge in [0.1, 0.15) is 0 Å². The fraction of sp³-hybridized carbons (Fsp3) is 0.250. The summed E-state index contributed by atoms with van der Waals surface area (Å²) in [4.78, 5) is 32.5. The Kier molecular flexibility index (Phi) is 3.77. The molecule has 0 aliphatic carbocycles. The van der Waals surface area contributed by atoms with Gasteiger partial charge in [0, 0.05) is 11.8 Å². The molecule has 0 fully saturated rings. The van der Waals surface area contributed by atoms with Gasteiger partial charge in [-0.1, -0.05) is 0 Å². The topological polar surface area (TPSA) is 123 Å². The maximum absolute atomic E-state index is 12.0. The molecule has 0 amide bonds. The maximum atomic E-state index is 12.0. The van der Waals surface area contributed by atoms with Crippen LogP contribution in [0.3, 0.4) is 0 Å². The Morgan fingerprint density at radius 1 is 1.53 bits per heavy atom. The summed E-state index contributed by atoms with van der Waals surface area (Å²) in [5.74, 6) is -2.90. The molecule has 0 aromatic carbocycles. The minimum atomic E-state index is -5.27. The van der Waals surface area contributed by atoms with Gasteiger partial charge in [0.25, 0.3) is 11.3 Å². The van der Waals surface area contributed by atoms with E-state index >= 15 is 0 Å². The zero-order valence-corrected chi connectivity index (χ0v) is 8.85. The second-order valence-electron chi connectivity index (χ2n) is 3.21. The fourth-order valence-electron chi connectivity index (χ4n) is 1.20. The summed E-state index contributed by atoms with van der Waals surface area (Å²) >= 11 is 0. The molecule has 1 aromatic heterocycles. The number of pyridine rings is 1. The van der Waals surface area contributed by atoms with Gasteiger partial charge in [-0.3, -0.25) is 19.7 Å². The van der Waals surface area contributed by atoms with Gasteiger partial charge in [-0.05, 0) is 0 Å². The molecule has 8 nitrogen and oxygen atoms in total. The van der Waals surface area contributed by atoms with E-state index in [2.05, 4.69) is 4.74 Å². The largest absolute Gasteiger partial charge is 0.574 e. The number of carbonyl (C=O) groups is 1. The van der Waals surface area contributed by atoms with Crippen LogP contribution in [0.2, 0.25) is 0 Å². The van der Waals surface area contributed by atoms with E-state index in [-0.39, 0.29) is 0 Å². The Bertz CT molecular complexity index is 579. The van der Waals surface area contributed by atoms with Crippen LogP contribution in [0.25, 0.3) is 0 Å². The number of hydrogen-bond acceptors (Lipinski definition) is 5. The van der Waals surface area contributed by atoms with Crippen molar-refractivity contribution in [2.45, 2.75) is 12.8 Å². The number of H-pyrrole nitrogens is 1. The Morgan fingerprint density at radius 3 is 2.53 bits per heavy atom. The zero-order chi connectivity index (χ0) is 14.8. The van der Waals surface area contributed by atoms with Crippen LogP contribution >= 0.6 is 0 Å². The first-order valence-electron chi connectivity index (χ1n) is 4.48. The normalized spacial score (nSPS) is 11.1. The van der Waals surface area contributed by atoms with E-state index in [1.165, 1.54) is 0 Å². The maximum Gasteiger partial charge on any atom is 0.574 e. The van der Waals surface area contributed by atoms with Crippen LogP contribution in [0.1, 0.15) is 5.69 Å². The number of alkyl halides is 3. The van der Waals surface area contributed by atoms with Crippen molar-refractivity contribution < 1.29 is 32.7 Å². The third-order valence-corrected chi connectivity index (χ3v) is 1.77. The number of nitro groups is 1. The van der Waals surface area contributed by atoms with Crippen molar-refractivity contribution in [1.82, 2.24) is 4.98 Å². The van der Waals surface area contributed by atoms with Gasteiger partial charge in [0.15, 0.2) is 0 Å². The minimum Gasteiger partial charge on any atom is -0.481 e. The zero-order valence-electron chi connectivity index (χ0n) is 8.85. The molecule has 104 valence electrons. The number of carboxylic acid groups (broad SMARTS) is 1. The number of carboxylic acids is 1. The molecule has 1 aromatic rings. The number of aromatic nitrogens is 1. The van der Waals surface area contributed by atoms with Gasteiger partial charge in [-0.15, -0.1) is 13.2 Å². The summed E-state index contributed by atoms with van der Waals surface area (Å²) < 4.78 is 39.4. The van der Waals surface area contributed by atoms with Crippen LogP contribution in [0.15, 0.2) is 10.9 Å². The molecule has 11 heteroatoms. The standard InChI is InChI=1S/C8H5F3N2O6/c9-8(10,11)19-7-6(13(17)18)4(14)1-3(12-7)2-5(15)16/h1H,2H2,(H,12,14)(H,15,16). The summed E-state index contributed by atoms with van der Waals surface area (Å²) in [5.41, 5.74) is -3.30. The smallest absolute Gasteiger partial charge is 0.481 e. The number of halogens is 3. The molecule has 0 spiro atoms. The number of ether oxygens (including phenoxy) is 1. The van der Waals surface area contributed by atoms with Crippen LogP contribution in [-0.2, 0) is 11.2 Å². The average molecular weight is 282 g/mol. The van der Waals surface area contributed by atoms with E-state index in [0.29, 0.717) is 6.07 Å². The van der Waals surface area contributed by atoms with Crippen LogP contribution < -0.4 is 10.2 Å². The molecule has 19 heavy (non-hydrogen) atoms. The lowest BCUT2D eigenvalue weighted by Gasteiger charge is -2.09. The van der Waals surface area contributed by atoms with Crippen LogP contribution in [0.4, 0.5) is 18.9 Å². The predicted molar refractivity (Wildman–Crippen MR) is 51.7 cm³/mol. The highest BCUT2D eigenvalue weighted by atomic mass is 19.4. The Morgan fingerprint density at radius 2 is 2.11 bits per heavy atom. The summed E-state index contributed by atoms with van der Waals surface area (Å²) in [5, 5.41) is 18.9. The van der Waals surface area contributed by atoms with Gasteiger partial charge in [0.2, 0.25) is 0 Å². The number of aliphatic carboxylic acids is 1. The van der Waals surface area contributed by atoms with Gasteiger partial charge >= 0.3 is 18.0 Å². The van der Waals surface area contributed by atoms with E-state index in [1.54, 1.807) is 4.98 Å². The first kappa shape index (κ1) is 14.5. The van der Waals surface area contributed by atoms with Crippen molar-refractivity contribution in [3.63, 3.8) is 0 Å². The summed E-state index contributed by atoms with van der Waals surface area (Å²) in [6, 6.07) is 0.523. The highest BCUT2D eigenvalue weighted by molar-refractivity contribution is 5.69. The highest BCUT2D eigenvalue weighted by Crippen LogP contribution is 2.27. The predicted octanol–water partition coefficient (Wildman–Crippen LogP) is 0.809. The summed E-state index contributed by atoms with van der Waals surface area (Å²) in [6.45, 7) is 0. The molecule has 0 unspecified atom stereocenters. The molecule has 0 saturated carbocycles. The summed E-state index contributed by atoms with van der Waals surface area (Å²) in [7, 11) is 0. The van der Waals surface area contributed by atoms with Crippen molar-refractivity contribution in [1.29, 1.82) is 0 Å². The molecule has 0 aliphatic heterocycles. The lowest BCUT2D eigenvalue weighted by atomic mass is 10.2. The van der Waals surface area contributed by atoms with Crippen molar-refractivity contribution in [3.8, 4) is 5.88 Å². The molecule has 1 rings (SSSR count). The van der Waals surface area contributed by atoms with Crippen molar-refractivity contribution >= 4 is 11.7 Å².